The van der Waals surface area contributed by atoms with Crippen molar-refractivity contribution in [1.82, 2.24) is 15.2 Å². The van der Waals surface area contributed by atoms with E-state index >= 15 is 0 Å². The molecule has 0 aliphatic carbocycles. The molecule has 1 heterocycles. The highest BCUT2D eigenvalue weighted by atomic mass is 35.5. The van der Waals surface area contributed by atoms with Gasteiger partial charge >= 0.3 is 0 Å². The van der Waals surface area contributed by atoms with E-state index < -0.39 is 0 Å². The number of benzene rings is 1. The van der Waals surface area contributed by atoms with E-state index in [1.807, 2.05) is 29.8 Å². The van der Waals surface area contributed by atoms with Gasteiger partial charge in [-0.05, 0) is 44.0 Å². The van der Waals surface area contributed by atoms with Crippen LogP contribution in [0.4, 0.5) is 0 Å². The average molecular weight is 279 g/mol. The van der Waals surface area contributed by atoms with Crippen molar-refractivity contribution >= 4 is 11.6 Å². The summed E-state index contributed by atoms with van der Waals surface area (Å²) in [7, 11) is 0. The number of rotatable bonds is 5. The second-order valence-corrected chi connectivity index (χ2v) is 5.02. The summed E-state index contributed by atoms with van der Waals surface area (Å²) in [5, 5.41) is 5.20. The van der Waals surface area contributed by atoms with Gasteiger partial charge in [-0.25, -0.2) is 0 Å². The molecule has 102 valence electrons. The van der Waals surface area contributed by atoms with E-state index in [1.54, 1.807) is 0 Å². The van der Waals surface area contributed by atoms with Gasteiger partial charge in [-0.3, -0.25) is 16.0 Å². The first-order valence-electron chi connectivity index (χ1n) is 6.39. The number of aryl methyl sites for hydroxylation is 2. The first-order chi connectivity index (χ1) is 9.13. The third-order valence-electron chi connectivity index (χ3n) is 3.12. The van der Waals surface area contributed by atoms with Gasteiger partial charge in [0.15, 0.2) is 0 Å². The fourth-order valence-electron chi connectivity index (χ4n) is 2.25. The summed E-state index contributed by atoms with van der Waals surface area (Å²) in [6, 6.07) is 9.93. The highest BCUT2D eigenvalue weighted by Gasteiger charge is 2.16. The van der Waals surface area contributed by atoms with Gasteiger partial charge in [0.1, 0.15) is 0 Å². The SMILES string of the molecule is CCn1nc(C)cc1C(Cc1cccc(Cl)c1)NN. The fourth-order valence-corrected chi connectivity index (χ4v) is 2.46. The predicted molar refractivity (Wildman–Crippen MR) is 77.9 cm³/mol. The lowest BCUT2D eigenvalue weighted by molar-refractivity contribution is 0.490. The van der Waals surface area contributed by atoms with Crippen LogP contribution in [0, 0.1) is 6.92 Å². The first kappa shape index (κ1) is 14.1. The van der Waals surface area contributed by atoms with Gasteiger partial charge in [0.2, 0.25) is 0 Å². The van der Waals surface area contributed by atoms with Gasteiger partial charge < -0.3 is 0 Å². The molecular weight excluding hydrogens is 260 g/mol. The normalized spacial score (nSPS) is 12.6. The van der Waals surface area contributed by atoms with Crippen molar-refractivity contribution in [3.63, 3.8) is 0 Å². The Bertz CT molecular complexity index is 550. The van der Waals surface area contributed by atoms with Crippen molar-refractivity contribution in [1.29, 1.82) is 0 Å². The molecule has 0 fully saturated rings. The van der Waals surface area contributed by atoms with E-state index in [-0.39, 0.29) is 6.04 Å². The monoisotopic (exact) mass is 278 g/mol. The van der Waals surface area contributed by atoms with Crippen LogP contribution < -0.4 is 11.3 Å². The van der Waals surface area contributed by atoms with Crippen LogP contribution in [0.2, 0.25) is 5.02 Å². The molecule has 0 amide bonds. The van der Waals surface area contributed by atoms with Crippen molar-refractivity contribution in [2.24, 2.45) is 5.84 Å². The van der Waals surface area contributed by atoms with E-state index in [4.69, 9.17) is 17.4 Å². The van der Waals surface area contributed by atoms with Gasteiger partial charge in [0.25, 0.3) is 0 Å². The summed E-state index contributed by atoms with van der Waals surface area (Å²) in [6.45, 7) is 4.89. The molecule has 0 spiro atoms. The maximum atomic E-state index is 6.01. The molecule has 0 aliphatic rings. The maximum Gasteiger partial charge on any atom is 0.0669 e. The minimum absolute atomic E-state index is 0.0274. The number of halogens is 1. The molecule has 4 nitrogen and oxygen atoms in total. The van der Waals surface area contributed by atoms with Crippen molar-refractivity contribution in [2.75, 3.05) is 0 Å². The predicted octanol–water partition coefficient (Wildman–Crippen LogP) is 2.61. The van der Waals surface area contributed by atoms with Crippen LogP contribution in [-0.2, 0) is 13.0 Å². The summed E-state index contributed by atoms with van der Waals surface area (Å²) in [5.74, 6) is 5.70. The summed E-state index contributed by atoms with van der Waals surface area (Å²) < 4.78 is 1.98. The lowest BCUT2D eigenvalue weighted by Gasteiger charge is -2.17. The molecule has 0 saturated carbocycles. The van der Waals surface area contributed by atoms with Crippen LogP contribution in [0.3, 0.4) is 0 Å². The second-order valence-electron chi connectivity index (χ2n) is 4.58. The Labute approximate surface area is 118 Å². The van der Waals surface area contributed by atoms with Gasteiger partial charge in [-0.15, -0.1) is 0 Å². The Morgan fingerprint density at radius 1 is 1.42 bits per heavy atom. The van der Waals surface area contributed by atoms with Crippen molar-refractivity contribution in [2.45, 2.75) is 32.9 Å². The zero-order chi connectivity index (χ0) is 13.8. The smallest absolute Gasteiger partial charge is 0.0669 e. The number of hydrogen-bond acceptors (Lipinski definition) is 3. The van der Waals surface area contributed by atoms with Crippen LogP contribution in [0.15, 0.2) is 30.3 Å². The van der Waals surface area contributed by atoms with Gasteiger partial charge in [-0.2, -0.15) is 5.10 Å². The largest absolute Gasteiger partial charge is 0.271 e. The molecule has 2 rings (SSSR count). The Morgan fingerprint density at radius 3 is 2.84 bits per heavy atom. The molecule has 0 radical (unpaired) electrons. The number of nitrogens with two attached hydrogens (primary N) is 1. The Balaban J connectivity index is 2.24. The Morgan fingerprint density at radius 2 is 2.21 bits per heavy atom. The van der Waals surface area contributed by atoms with Crippen molar-refractivity contribution < 1.29 is 0 Å². The van der Waals surface area contributed by atoms with Gasteiger partial charge in [0, 0.05) is 11.6 Å². The van der Waals surface area contributed by atoms with Crippen LogP contribution in [-0.4, -0.2) is 9.78 Å². The number of nitrogens with zero attached hydrogens (tertiary/aromatic N) is 2. The highest BCUT2D eigenvalue weighted by Crippen LogP contribution is 2.20. The molecule has 1 aromatic carbocycles. The number of nitrogens with one attached hydrogen (secondary N) is 1. The molecule has 2 aromatic rings. The van der Waals surface area contributed by atoms with E-state index in [1.165, 1.54) is 0 Å². The first-order valence-corrected chi connectivity index (χ1v) is 6.76. The summed E-state index contributed by atoms with van der Waals surface area (Å²) in [5.41, 5.74) is 6.12. The molecule has 5 heteroatoms. The number of hydrogen-bond donors (Lipinski definition) is 2. The van der Waals surface area contributed by atoms with Gasteiger partial charge in [0.05, 0.1) is 17.4 Å². The molecular formula is C14H19ClN4. The molecule has 0 bridgehead atoms. The van der Waals surface area contributed by atoms with Gasteiger partial charge in [-0.1, -0.05) is 23.7 Å². The molecule has 19 heavy (non-hydrogen) atoms. The number of hydrazine groups is 1. The zero-order valence-electron chi connectivity index (χ0n) is 11.2. The quantitative estimate of drug-likeness (QED) is 0.653. The Kier molecular flexibility index (Phi) is 4.58. The topological polar surface area (TPSA) is 55.9 Å². The minimum Gasteiger partial charge on any atom is -0.271 e. The zero-order valence-corrected chi connectivity index (χ0v) is 12.0. The minimum atomic E-state index is 0.0274. The third-order valence-corrected chi connectivity index (χ3v) is 3.35. The van der Waals surface area contributed by atoms with Crippen LogP contribution >= 0.6 is 11.6 Å². The Hall–Kier alpha value is -1.36. The fraction of sp³-hybridized carbons (Fsp3) is 0.357. The summed E-state index contributed by atoms with van der Waals surface area (Å²) in [4.78, 5) is 0. The van der Waals surface area contributed by atoms with Crippen LogP contribution in [0.5, 0.6) is 0 Å². The summed E-state index contributed by atoms with van der Waals surface area (Å²) >= 11 is 6.01. The molecule has 0 aliphatic heterocycles. The standard InChI is InChI=1S/C14H19ClN4/c1-3-19-14(7-10(2)18-19)13(17-16)9-11-5-4-6-12(15)8-11/h4-8,13,17H,3,9,16H2,1-2H3. The number of aromatic nitrogens is 2. The second kappa shape index (κ2) is 6.19. The molecule has 3 N–H and O–H groups in total. The van der Waals surface area contributed by atoms with E-state index in [2.05, 4.69) is 29.6 Å². The average Bonchev–Trinajstić information content (AvgIpc) is 2.77. The van der Waals surface area contributed by atoms with Crippen molar-refractivity contribution in [3.05, 3.63) is 52.3 Å². The lowest BCUT2D eigenvalue weighted by Crippen LogP contribution is -2.31. The maximum absolute atomic E-state index is 6.01. The van der Waals surface area contributed by atoms with Crippen LogP contribution in [0.25, 0.3) is 0 Å². The van der Waals surface area contributed by atoms with Crippen LogP contribution in [0.1, 0.15) is 29.9 Å². The highest BCUT2D eigenvalue weighted by molar-refractivity contribution is 6.30. The van der Waals surface area contributed by atoms with E-state index in [9.17, 15) is 0 Å². The van der Waals surface area contributed by atoms with E-state index in [0.29, 0.717) is 0 Å². The molecule has 1 atom stereocenters. The summed E-state index contributed by atoms with van der Waals surface area (Å²) in [6.07, 6.45) is 0.780. The lowest BCUT2D eigenvalue weighted by atomic mass is 10.0. The van der Waals surface area contributed by atoms with Crippen molar-refractivity contribution in [3.8, 4) is 0 Å². The van der Waals surface area contributed by atoms with E-state index in [0.717, 1.165) is 34.9 Å². The molecule has 1 aromatic heterocycles. The molecule has 1 unspecified atom stereocenters. The third kappa shape index (κ3) is 3.35. The molecule has 0 saturated heterocycles.